The number of aliphatic carboxylic acids is 1. The molecule has 1 unspecified atom stereocenters. The number of esters is 1. The van der Waals surface area contributed by atoms with Gasteiger partial charge in [0.2, 0.25) is 0 Å². The Hall–Kier alpha value is -2.35. The topological polar surface area (TPSA) is 111 Å². The minimum Gasteiger partial charge on any atom is -0.478 e. The highest BCUT2D eigenvalue weighted by molar-refractivity contribution is 6.31. The summed E-state index contributed by atoms with van der Waals surface area (Å²) in [5.41, 5.74) is 7.00. The van der Waals surface area contributed by atoms with Crippen molar-refractivity contribution in [3.05, 3.63) is 57.4 Å². The van der Waals surface area contributed by atoms with E-state index in [1.54, 1.807) is 38.1 Å². The number of nitrogens with one attached hydrogen (secondary N) is 1. The number of dihydropyridines is 1. The molecule has 0 radical (unpaired) electrons. The Morgan fingerprint density at radius 1 is 1.30 bits per heavy atom. The maximum atomic E-state index is 12.6. The highest BCUT2D eigenvalue weighted by atomic mass is 35.5. The molecule has 0 saturated carbocycles. The van der Waals surface area contributed by atoms with Gasteiger partial charge in [-0.1, -0.05) is 29.8 Å². The van der Waals surface area contributed by atoms with Crippen molar-refractivity contribution >= 4 is 23.5 Å². The van der Waals surface area contributed by atoms with Gasteiger partial charge in [0.05, 0.1) is 42.6 Å². The van der Waals surface area contributed by atoms with E-state index in [1.807, 2.05) is 0 Å². The first-order valence-electron chi connectivity index (χ1n) is 8.55. The van der Waals surface area contributed by atoms with Crippen LogP contribution in [0, 0.1) is 0 Å². The van der Waals surface area contributed by atoms with Gasteiger partial charge in [-0.2, -0.15) is 0 Å². The molecule has 7 nitrogen and oxygen atoms in total. The van der Waals surface area contributed by atoms with Crippen LogP contribution in [-0.2, 0) is 19.1 Å². The second kappa shape index (κ2) is 9.55. The van der Waals surface area contributed by atoms with Gasteiger partial charge < -0.3 is 25.6 Å². The minimum atomic E-state index is -1.17. The summed E-state index contributed by atoms with van der Waals surface area (Å²) >= 11 is 6.34. The highest BCUT2D eigenvalue weighted by Gasteiger charge is 2.39. The third kappa shape index (κ3) is 4.68. The van der Waals surface area contributed by atoms with Crippen LogP contribution in [0.2, 0.25) is 5.02 Å². The van der Waals surface area contributed by atoms with Gasteiger partial charge in [0.1, 0.15) is 0 Å². The number of hydrogen-bond acceptors (Lipinski definition) is 6. The summed E-state index contributed by atoms with van der Waals surface area (Å²) in [7, 11) is 0. The van der Waals surface area contributed by atoms with Gasteiger partial charge in [0.15, 0.2) is 0 Å². The molecule has 0 saturated heterocycles. The van der Waals surface area contributed by atoms with Crippen LogP contribution in [0.25, 0.3) is 0 Å². The third-order valence-corrected chi connectivity index (χ3v) is 4.44. The maximum absolute atomic E-state index is 12.6. The number of nitrogens with two attached hydrogens (primary N) is 1. The van der Waals surface area contributed by atoms with E-state index in [-0.39, 0.29) is 31.0 Å². The van der Waals surface area contributed by atoms with Gasteiger partial charge in [0.25, 0.3) is 0 Å². The average molecular weight is 395 g/mol. The van der Waals surface area contributed by atoms with E-state index in [9.17, 15) is 14.7 Å². The van der Waals surface area contributed by atoms with Crippen molar-refractivity contribution in [2.45, 2.75) is 19.8 Å². The van der Waals surface area contributed by atoms with E-state index in [0.717, 1.165) is 0 Å². The Balaban J connectivity index is 2.63. The normalized spacial score (nSPS) is 17.0. The van der Waals surface area contributed by atoms with Gasteiger partial charge in [-0.25, -0.2) is 9.59 Å². The maximum Gasteiger partial charge on any atom is 0.336 e. The van der Waals surface area contributed by atoms with E-state index in [0.29, 0.717) is 28.5 Å². The molecule has 1 atom stereocenters. The zero-order chi connectivity index (χ0) is 20.0. The van der Waals surface area contributed by atoms with Crippen LogP contribution < -0.4 is 11.1 Å². The summed E-state index contributed by atoms with van der Waals surface area (Å²) in [6, 6.07) is 6.83. The largest absolute Gasteiger partial charge is 0.478 e. The molecule has 8 heteroatoms. The van der Waals surface area contributed by atoms with E-state index in [4.69, 9.17) is 26.8 Å². The van der Waals surface area contributed by atoms with Crippen molar-refractivity contribution in [2.75, 3.05) is 26.4 Å². The molecular formula is C19H23ClN2O5. The number of halogens is 1. The standard InChI is InChI=1S/C19H23ClN2O5/c1-3-27-19(25)15-11(2)22-14(10-26-9-8-21)17(18(23)24)16(15)12-6-4-5-7-13(12)20/h4-7,16,22H,3,8-10,21H2,1-2H3,(H,23,24). The number of hydrogen-bond donors (Lipinski definition) is 3. The van der Waals surface area contributed by atoms with Crippen LogP contribution in [0.15, 0.2) is 46.8 Å². The molecule has 1 aliphatic rings. The summed E-state index contributed by atoms with van der Waals surface area (Å²) in [5, 5.41) is 13.3. The van der Waals surface area contributed by atoms with Gasteiger partial charge >= 0.3 is 11.9 Å². The van der Waals surface area contributed by atoms with Gasteiger partial charge in [-0.3, -0.25) is 0 Å². The molecule has 1 heterocycles. The smallest absolute Gasteiger partial charge is 0.336 e. The summed E-state index contributed by atoms with van der Waals surface area (Å²) in [6.45, 7) is 4.16. The first-order chi connectivity index (χ1) is 12.9. The van der Waals surface area contributed by atoms with Crippen molar-refractivity contribution in [1.82, 2.24) is 5.32 Å². The van der Waals surface area contributed by atoms with Crippen LogP contribution in [0.5, 0.6) is 0 Å². The number of carbonyl (C=O) groups excluding carboxylic acids is 1. The first-order valence-corrected chi connectivity index (χ1v) is 8.93. The van der Waals surface area contributed by atoms with Crippen LogP contribution in [0.3, 0.4) is 0 Å². The second-order valence-corrected chi connectivity index (χ2v) is 6.28. The lowest BCUT2D eigenvalue weighted by molar-refractivity contribution is -0.138. The molecule has 0 amide bonds. The fourth-order valence-electron chi connectivity index (χ4n) is 3.02. The molecule has 1 aliphatic heterocycles. The van der Waals surface area contributed by atoms with E-state index < -0.39 is 17.9 Å². The Kier molecular flexibility index (Phi) is 7.41. The zero-order valence-electron chi connectivity index (χ0n) is 15.3. The SMILES string of the molecule is CCOC(=O)C1=C(C)NC(COCCN)=C(C(=O)O)C1c1ccccc1Cl. The summed E-state index contributed by atoms with van der Waals surface area (Å²) in [5.74, 6) is -2.64. The van der Waals surface area contributed by atoms with Crippen molar-refractivity contribution in [2.24, 2.45) is 5.73 Å². The van der Waals surface area contributed by atoms with E-state index >= 15 is 0 Å². The number of carboxylic acids is 1. The van der Waals surface area contributed by atoms with Crippen LogP contribution >= 0.6 is 11.6 Å². The molecule has 146 valence electrons. The quantitative estimate of drug-likeness (QED) is 0.457. The summed E-state index contributed by atoms with van der Waals surface area (Å²) in [6.07, 6.45) is 0. The van der Waals surface area contributed by atoms with Gasteiger partial charge in [-0.15, -0.1) is 0 Å². The lowest BCUT2D eigenvalue weighted by Crippen LogP contribution is -2.34. The lowest BCUT2D eigenvalue weighted by atomic mass is 9.80. The molecule has 0 aromatic heterocycles. The Morgan fingerprint density at radius 2 is 2.00 bits per heavy atom. The molecule has 1 aromatic carbocycles. The number of carbonyl (C=O) groups is 2. The fourth-order valence-corrected chi connectivity index (χ4v) is 3.26. The molecule has 1 aromatic rings. The number of ether oxygens (including phenoxy) is 2. The number of benzene rings is 1. The number of allylic oxidation sites excluding steroid dienone is 1. The van der Waals surface area contributed by atoms with Crippen molar-refractivity contribution in [3.8, 4) is 0 Å². The average Bonchev–Trinajstić information content (AvgIpc) is 2.61. The van der Waals surface area contributed by atoms with Crippen LogP contribution in [0.1, 0.15) is 25.3 Å². The van der Waals surface area contributed by atoms with Crippen LogP contribution in [0.4, 0.5) is 0 Å². The third-order valence-electron chi connectivity index (χ3n) is 4.10. The second-order valence-electron chi connectivity index (χ2n) is 5.88. The number of carboxylic acid groups (broad SMARTS) is 1. The van der Waals surface area contributed by atoms with Crippen molar-refractivity contribution < 1.29 is 24.2 Å². The Bertz CT molecular complexity index is 788. The first kappa shape index (κ1) is 21.0. The van der Waals surface area contributed by atoms with Crippen molar-refractivity contribution in [1.29, 1.82) is 0 Å². The molecule has 0 bridgehead atoms. The van der Waals surface area contributed by atoms with Gasteiger partial charge in [-0.05, 0) is 25.5 Å². The van der Waals surface area contributed by atoms with Crippen molar-refractivity contribution in [3.63, 3.8) is 0 Å². The fraction of sp³-hybridized carbons (Fsp3) is 0.368. The molecule has 0 aliphatic carbocycles. The van der Waals surface area contributed by atoms with E-state index in [2.05, 4.69) is 5.32 Å². The molecule has 0 spiro atoms. The molecule has 2 rings (SSSR count). The molecule has 4 N–H and O–H groups in total. The zero-order valence-corrected chi connectivity index (χ0v) is 16.0. The van der Waals surface area contributed by atoms with Gasteiger partial charge in [0, 0.05) is 17.3 Å². The lowest BCUT2D eigenvalue weighted by Gasteiger charge is -2.31. The predicted molar refractivity (Wildman–Crippen MR) is 101 cm³/mol. The minimum absolute atomic E-state index is 0.00576. The van der Waals surface area contributed by atoms with E-state index in [1.165, 1.54) is 0 Å². The molecule has 27 heavy (non-hydrogen) atoms. The number of rotatable bonds is 8. The molecule has 0 fully saturated rings. The van der Waals surface area contributed by atoms with Crippen LogP contribution in [-0.4, -0.2) is 43.4 Å². The Morgan fingerprint density at radius 3 is 2.59 bits per heavy atom. The summed E-state index contributed by atoms with van der Waals surface area (Å²) < 4.78 is 10.6. The summed E-state index contributed by atoms with van der Waals surface area (Å²) in [4.78, 5) is 24.7. The monoisotopic (exact) mass is 394 g/mol. The predicted octanol–water partition coefficient (Wildman–Crippen LogP) is 2.18. The Labute approximate surface area is 162 Å². The highest BCUT2D eigenvalue weighted by Crippen LogP contribution is 2.41. The molecular weight excluding hydrogens is 372 g/mol.